The molecule has 2 rings (SSSR count). The third kappa shape index (κ3) is 6.12. The fourth-order valence-corrected chi connectivity index (χ4v) is 2.18. The van der Waals surface area contributed by atoms with Crippen molar-refractivity contribution in [3.63, 3.8) is 0 Å². The molecule has 0 spiro atoms. The molecule has 0 amide bonds. The first-order chi connectivity index (χ1) is 7.34. The van der Waals surface area contributed by atoms with Crippen LogP contribution >= 0.6 is 0 Å². The van der Waals surface area contributed by atoms with Gasteiger partial charge in [-0.05, 0) is 25.7 Å². The second-order valence-electron chi connectivity index (χ2n) is 4.44. The molecule has 1 aliphatic carbocycles. The van der Waals surface area contributed by atoms with Gasteiger partial charge in [0.05, 0.1) is 6.10 Å². The van der Waals surface area contributed by atoms with Gasteiger partial charge in [0.25, 0.3) is 0 Å². The molecule has 1 fully saturated rings. The molecule has 0 radical (unpaired) electrons. The van der Waals surface area contributed by atoms with Crippen LogP contribution in [0.25, 0.3) is 0 Å². The molecule has 90 valence electrons. The Morgan fingerprint density at radius 3 is 2.41 bits per heavy atom. The Morgan fingerprint density at radius 1 is 1.18 bits per heavy atom. The summed E-state index contributed by atoms with van der Waals surface area (Å²) in [6.07, 6.45) is 8.28. The van der Waals surface area contributed by atoms with Crippen molar-refractivity contribution < 1.29 is 21.7 Å². The van der Waals surface area contributed by atoms with E-state index in [1.54, 1.807) is 0 Å². The first-order valence-electron chi connectivity index (χ1n) is 5.99. The van der Waals surface area contributed by atoms with Crippen LogP contribution in [-0.4, -0.2) is 29.2 Å². The van der Waals surface area contributed by atoms with Gasteiger partial charge >= 0.3 is 23.1 Å². The molecule has 1 aromatic rings. The summed E-state index contributed by atoms with van der Waals surface area (Å²) in [5, 5.41) is 0. The second kappa shape index (κ2) is 9.23. The molecular formula is C14H19BrMgO. The van der Waals surface area contributed by atoms with Gasteiger partial charge in [-0.25, -0.2) is 0 Å². The topological polar surface area (TPSA) is 9.23 Å². The maximum atomic E-state index is 6.00. The quantitative estimate of drug-likeness (QED) is 0.440. The molecule has 1 saturated carbocycles. The van der Waals surface area contributed by atoms with Crippen molar-refractivity contribution in [3.8, 4) is 5.75 Å². The van der Waals surface area contributed by atoms with E-state index in [2.05, 4.69) is 19.1 Å². The van der Waals surface area contributed by atoms with Crippen LogP contribution in [-0.2, 0) is 0 Å². The third-order valence-electron chi connectivity index (χ3n) is 3.02. The monoisotopic (exact) mass is 306 g/mol. The van der Waals surface area contributed by atoms with Crippen LogP contribution < -0.4 is 21.7 Å². The average Bonchev–Trinajstić information content (AvgIpc) is 2.46. The SMILES string of the molecule is Cc1[c-]ccc(OC2CCCCCC2)c1.[Br-].[Mg+2]. The van der Waals surface area contributed by atoms with Crippen LogP contribution in [0.3, 0.4) is 0 Å². The van der Waals surface area contributed by atoms with Crippen LogP contribution in [0.15, 0.2) is 18.2 Å². The van der Waals surface area contributed by atoms with Crippen molar-refractivity contribution in [2.24, 2.45) is 0 Å². The Bertz CT molecular complexity index is 309. The number of ether oxygens (including phenoxy) is 1. The molecule has 0 atom stereocenters. The molecule has 0 aromatic heterocycles. The van der Waals surface area contributed by atoms with Gasteiger partial charge < -0.3 is 21.7 Å². The Labute approximate surface area is 131 Å². The predicted octanol–water partition coefficient (Wildman–Crippen LogP) is 0.520. The number of benzene rings is 1. The van der Waals surface area contributed by atoms with E-state index in [0.29, 0.717) is 6.10 Å². The molecule has 0 saturated heterocycles. The van der Waals surface area contributed by atoms with Crippen LogP contribution in [0.5, 0.6) is 5.75 Å². The van der Waals surface area contributed by atoms with E-state index in [9.17, 15) is 0 Å². The van der Waals surface area contributed by atoms with Gasteiger partial charge in [-0.3, -0.25) is 0 Å². The molecule has 1 aromatic carbocycles. The first kappa shape index (κ1) is 17.3. The molecule has 0 bridgehead atoms. The normalized spacial score (nSPS) is 16.3. The number of rotatable bonds is 2. The first-order valence-corrected chi connectivity index (χ1v) is 5.99. The van der Waals surface area contributed by atoms with Gasteiger partial charge in [0.2, 0.25) is 0 Å². The smallest absolute Gasteiger partial charge is 1.00 e. The molecule has 0 heterocycles. The predicted molar refractivity (Wildman–Crippen MR) is 67.9 cm³/mol. The summed E-state index contributed by atoms with van der Waals surface area (Å²) in [7, 11) is 0. The standard InChI is InChI=1S/C14H19O.BrH.Mg/c1-12-7-6-10-14(11-12)15-13-8-4-2-3-5-9-13;;/h6,10-11,13H,2-5,8-9H2,1H3;1H;/q-1;;+2/p-1. The molecular weight excluding hydrogens is 288 g/mol. The largest absolute Gasteiger partial charge is 2.00 e. The molecule has 3 heteroatoms. The zero-order valence-corrected chi connectivity index (χ0v) is 13.5. The minimum absolute atomic E-state index is 0. The van der Waals surface area contributed by atoms with Gasteiger partial charge in [0.1, 0.15) is 0 Å². The van der Waals surface area contributed by atoms with Gasteiger partial charge in [-0.1, -0.05) is 19.8 Å². The molecule has 1 nitrogen and oxygen atoms in total. The summed E-state index contributed by atoms with van der Waals surface area (Å²) in [6, 6.07) is 9.17. The minimum Gasteiger partial charge on any atom is -1.00 e. The van der Waals surface area contributed by atoms with Crippen molar-refractivity contribution in [1.29, 1.82) is 0 Å². The summed E-state index contributed by atoms with van der Waals surface area (Å²) in [5.41, 5.74) is 1.15. The van der Waals surface area contributed by atoms with E-state index >= 15 is 0 Å². The Hall–Kier alpha value is 0.266. The maximum absolute atomic E-state index is 6.00. The van der Waals surface area contributed by atoms with Crippen molar-refractivity contribution >= 4 is 23.1 Å². The van der Waals surface area contributed by atoms with Gasteiger partial charge in [-0.2, -0.15) is 17.7 Å². The van der Waals surface area contributed by atoms with E-state index in [0.717, 1.165) is 11.3 Å². The van der Waals surface area contributed by atoms with E-state index in [-0.39, 0.29) is 40.0 Å². The zero-order chi connectivity index (χ0) is 10.5. The number of aryl methyl sites for hydroxylation is 1. The summed E-state index contributed by atoms with van der Waals surface area (Å²) in [6.45, 7) is 2.06. The van der Waals surface area contributed by atoms with Crippen molar-refractivity contribution in [2.45, 2.75) is 51.6 Å². The van der Waals surface area contributed by atoms with E-state index < -0.39 is 0 Å². The summed E-state index contributed by atoms with van der Waals surface area (Å²) < 4.78 is 6.00. The summed E-state index contributed by atoms with van der Waals surface area (Å²) in [5.74, 6) is 1.01. The molecule has 0 aliphatic heterocycles. The molecule has 1 aliphatic rings. The number of hydrogen-bond donors (Lipinski definition) is 0. The zero-order valence-electron chi connectivity index (χ0n) is 10.5. The van der Waals surface area contributed by atoms with Gasteiger partial charge in [0, 0.05) is 5.75 Å². The maximum Gasteiger partial charge on any atom is 2.00 e. The summed E-state index contributed by atoms with van der Waals surface area (Å²) >= 11 is 0. The summed E-state index contributed by atoms with van der Waals surface area (Å²) in [4.78, 5) is 0. The fraction of sp³-hybridized carbons (Fsp3) is 0.571. The van der Waals surface area contributed by atoms with Crippen LogP contribution in [0.1, 0.15) is 44.1 Å². The van der Waals surface area contributed by atoms with E-state index in [1.165, 1.54) is 38.5 Å². The van der Waals surface area contributed by atoms with Crippen molar-refractivity contribution in [2.75, 3.05) is 0 Å². The van der Waals surface area contributed by atoms with Crippen molar-refractivity contribution in [3.05, 3.63) is 29.8 Å². The van der Waals surface area contributed by atoms with Gasteiger partial charge in [0.15, 0.2) is 0 Å². The number of halogens is 1. The second-order valence-corrected chi connectivity index (χ2v) is 4.44. The van der Waals surface area contributed by atoms with Crippen LogP contribution in [0.2, 0.25) is 0 Å². The van der Waals surface area contributed by atoms with Crippen molar-refractivity contribution in [1.82, 2.24) is 0 Å². The number of hydrogen-bond acceptors (Lipinski definition) is 1. The average molecular weight is 308 g/mol. The van der Waals surface area contributed by atoms with E-state index in [1.807, 2.05) is 12.1 Å². The molecule has 0 unspecified atom stereocenters. The Kier molecular flexibility index (Phi) is 9.37. The van der Waals surface area contributed by atoms with Gasteiger partial charge in [-0.15, -0.1) is 12.1 Å². The third-order valence-corrected chi connectivity index (χ3v) is 3.02. The van der Waals surface area contributed by atoms with Crippen LogP contribution in [0, 0.1) is 13.0 Å². The Balaban J connectivity index is 0.00000128. The van der Waals surface area contributed by atoms with E-state index in [4.69, 9.17) is 4.74 Å². The molecule has 0 N–H and O–H groups in total. The minimum atomic E-state index is 0. The fourth-order valence-electron chi connectivity index (χ4n) is 2.18. The van der Waals surface area contributed by atoms with Crippen LogP contribution in [0.4, 0.5) is 0 Å². The Morgan fingerprint density at radius 2 is 1.82 bits per heavy atom. The molecule has 17 heavy (non-hydrogen) atoms.